The van der Waals surface area contributed by atoms with Crippen LogP contribution >= 0.6 is 11.3 Å². The molecule has 0 aliphatic heterocycles. The molecule has 88 valence electrons. The lowest BCUT2D eigenvalue weighted by atomic mass is 10.2. The van der Waals surface area contributed by atoms with E-state index in [9.17, 15) is 4.79 Å². The van der Waals surface area contributed by atoms with E-state index in [1.54, 1.807) is 35.9 Å². The Morgan fingerprint density at radius 1 is 1.47 bits per heavy atom. The number of anilines is 1. The first kappa shape index (κ1) is 11.5. The Bertz CT molecular complexity index is 512. The highest BCUT2D eigenvalue weighted by Crippen LogP contribution is 2.20. The highest BCUT2D eigenvalue weighted by atomic mass is 32.1. The number of hydrogen-bond acceptors (Lipinski definition) is 5. The zero-order chi connectivity index (χ0) is 12.3. The quantitative estimate of drug-likeness (QED) is 0.864. The number of nitrogens with zero attached hydrogens (tertiary/aromatic N) is 2. The van der Waals surface area contributed by atoms with Gasteiger partial charge >= 0.3 is 0 Å². The molecule has 0 aliphatic rings. The average Bonchev–Trinajstić information content (AvgIpc) is 2.82. The fourth-order valence-corrected chi connectivity index (χ4v) is 2.06. The second kappa shape index (κ2) is 4.92. The summed E-state index contributed by atoms with van der Waals surface area (Å²) < 4.78 is 0. The molecule has 0 bridgehead atoms. The molecule has 1 amide bonds. The van der Waals surface area contributed by atoms with Crippen LogP contribution in [0.4, 0.5) is 5.69 Å². The minimum absolute atomic E-state index is 0.0816. The predicted octanol–water partition coefficient (Wildman–Crippen LogP) is 1.81. The standard InChI is InChI=1S/C11H12N4OS/c1-7(11-14-4-5-17-11)15-8-2-3-13-9(6-8)10(12)16/h2-7H,1H3,(H2,12,16)(H,13,15). The topological polar surface area (TPSA) is 80.9 Å². The summed E-state index contributed by atoms with van der Waals surface area (Å²) in [6, 6.07) is 3.50. The molecule has 17 heavy (non-hydrogen) atoms. The van der Waals surface area contributed by atoms with Gasteiger partial charge < -0.3 is 11.1 Å². The molecule has 0 saturated heterocycles. The predicted molar refractivity (Wildman–Crippen MR) is 66.9 cm³/mol. The van der Waals surface area contributed by atoms with Gasteiger partial charge in [-0.2, -0.15) is 0 Å². The van der Waals surface area contributed by atoms with Crippen LogP contribution in [0.25, 0.3) is 0 Å². The maximum absolute atomic E-state index is 11.0. The molecule has 2 heterocycles. The van der Waals surface area contributed by atoms with Crippen molar-refractivity contribution in [3.05, 3.63) is 40.6 Å². The van der Waals surface area contributed by atoms with E-state index in [2.05, 4.69) is 15.3 Å². The average molecular weight is 248 g/mol. The first-order chi connectivity index (χ1) is 8.16. The molecule has 0 spiro atoms. The van der Waals surface area contributed by atoms with Gasteiger partial charge in [-0.1, -0.05) is 0 Å². The fraction of sp³-hybridized carbons (Fsp3) is 0.182. The van der Waals surface area contributed by atoms with E-state index in [0.29, 0.717) is 0 Å². The molecule has 0 saturated carbocycles. The highest BCUT2D eigenvalue weighted by Gasteiger charge is 2.09. The van der Waals surface area contributed by atoms with Crippen molar-refractivity contribution < 1.29 is 4.79 Å². The fourth-order valence-electron chi connectivity index (χ4n) is 1.42. The summed E-state index contributed by atoms with van der Waals surface area (Å²) >= 11 is 1.58. The summed E-state index contributed by atoms with van der Waals surface area (Å²) in [6.45, 7) is 2.00. The van der Waals surface area contributed by atoms with Gasteiger partial charge in [-0.3, -0.25) is 9.78 Å². The molecule has 1 unspecified atom stereocenters. The lowest BCUT2D eigenvalue weighted by Gasteiger charge is -2.12. The number of carbonyl (C=O) groups excluding carboxylic acids is 1. The van der Waals surface area contributed by atoms with E-state index in [4.69, 9.17) is 5.73 Å². The number of pyridine rings is 1. The van der Waals surface area contributed by atoms with Gasteiger partial charge in [0.05, 0.1) is 6.04 Å². The van der Waals surface area contributed by atoms with Crippen LogP contribution in [0.15, 0.2) is 29.9 Å². The molecule has 2 aromatic heterocycles. The Kier molecular flexibility index (Phi) is 3.34. The van der Waals surface area contributed by atoms with Gasteiger partial charge in [-0.15, -0.1) is 11.3 Å². The molecule has 0 aliphatic carbocycles. The maximum atomic E-state index is 11.0. The zero-order valence-corrected chi connectivity index (χ0v) is 10.1. The largest absolute Gasteiger partial charge is 0.376 e. The lowest BCUT2D eigenvalue weighted by Crippen LogP contribution is -2.14. The van der Waals surface area contributed by atoms with Crippen molar-refractivity contribution in [3.8, 4) is 0 Å². The second-order valence-electron chi connectivity index (χ2n) is 3.53. The Balaban J connectivity index is 2.13. The van der Waals surface area contributed by atoms with E-state index >= 15 is 0 Å². The van der Waals surface area contributed by atoms with E-state index in [-0.39, 0.29) is 11.7 Å². The number of primary amides is 1. The van der Waals surface area contributed by atoms with E-state index in [0.717, 1.165) is 10.7 Å². The normalized spacial score (nSPS) is 12.1. The molecule has 6 heteroatoms. The Labute approximate surface area is 103 Å². The molecule has 3 N–H and O–H groups in total. The lowest BCUT2D eigenvalue weighted by molar-refractivity contribution is 0.0995. The van der Waals surface area contributed by atoms with Crippen molar-refractivity contribution in [2.45, 2.75) is 13.0 Å². The second-order valence-corrected chi connectivity index (χ2v) is 4.46. The van der Waals surface area contributed by atoms with Gasteiger partial charge in [0, 0.05) is 23.5 Å². The number of aromatic nitrogens is 2. The molecule has 1 atom stereocenters. The van der Waals surface area contributed by atoms with Crippen LogP contribution < -0.4 is 11.1 Å². The Hall–Kier alpha value is -1.95. The molecule has 0 aromatic carbocycles. The summed E-state index contributed by atoms with van der Waals surface area (Å²) in [5, 5.41) is 6.15. The van der Waals surface area contributed by atoms with Crippen molar-refractivity contribution in [2.75, 3.05) is 5.32 Å². The minimum Gasteiger partial charge on any atom is -0.376 e. The molecule has 0 radical (unpaired) electrons. The first-order valence-corrected chi connectivity index (χ1v) is 5.96. The van der Waals surface area contributed by atoms with Crippen molar-refractivity contribution >= 4 is 22.9 Å². The molecule has 2 aromatic rings. The number of nitrogens with one attached hydrogen (secondary N) is 1. The van der Waals surface area contributed by atoms with Crippen molar-refractivity contribution in [2.24, 2.45) is 5.73 Å². The molecule has 2 rings (SSSR count). The first-order valence-electron chi connectivity index (χ1n) is 5.08. The van der Waals surface area contributed by atoms with Gasteiger partial charge in [0.1, 0.15) is 10.7 Å². The minimum atomic E-state index is -0.532. The monoisotopic (exact) mass is 248 g/mol. The highest BCUT2D eigenvalue weighted by molar-refractivity contribution is 7.09. The zero-order valence-electron chi connectivity index (χ0n) is 9.25. The van der Waals surface area contributed by atoms with Gasteiger partial charge in [-0.05, 0) is 19.1 Å². The summed E-state index contributed by atoms with van der Waals surface area (Å²) in [5.74, 6) is -0.532. The molecule has 0 fully saturated rings. The van der Waals surface area contributed by atoms with Gasteiger partial charge in [0.2, 0.25) is 0 Å². The van der Waals surface area contributed by atoms with Crippen LogP contribution in [-0.4, -0.2) is 15.9 Å². The number of rotatable bonds is 4. The Morgan fingerprint density at radius 3 is 2.94 bits per heavy atom. The van der Waals surface area contributed by atoms with Crippen LogP contribution in [0, 0.1) is 0 Å². The maximum Gasteiger partial charge on any atom is 0.267 e. The Morgan fingerprint density at radius 2 is 2.29 bits per heavy atom. The van der Waals surface area contributed by atoms with Crippen LogP contribution in [-0.2, 0) is 0 Å². The number of hydrogen-bond donors (Lipinski definition) is 2. The summed E-state index contributed by atoms with van der Waals surface area (Å²) in [7, 11) is 0. The van der Waals surface area contributed by atoms with Crippen LogP contribution in [0.3, 0.4) is 0 Å². The molecule has 5 nitrogen and oxygen atoms in total. The number of nitrogens with two attached hydrogens (primary N) is 1. The third-order valence-corrected chi connectivity index (χ3v) is 3.18. The smallest absolute Gasteiger partial charge is 0.267 e. The van der Waals surface area contributed by atoms with Crippen molar-refractivity contribution in [3.63, 3.8) is 0 Å². The molecular formula is C11H12N4OS. The number of carbonyl (C=O) groups is 1. The van der Waals surface area contributed by atoms with E-state index < -0.39 is 5.91 Å². The van der Waals surface area contributed by atoms with Crippen LogP contribution in [0.5, 0.6) is 0 Å². The van der Waals surface area contributed by atoms with Crippen LogP contribution in [0.1, 0.15) is 28.5 Å². The third kappa shape index (κ3) is 2.79. The number of thiazole rings is 1. The van der Waals surface area contributed by atoms with Gasteiger partial charge in [-0.25, -0.2) is 4.98 Å². The third-order valence-electron chi connectivity index (χ3n) is 2.22. The summed E-state index contributed by atoms with van der Waals surface area (Å²) in [6.07, 6.45) is 3.32. The van der Waals surface area contributed by atoms with Crippen molar-refractivity contribution in [1.29, 1.82) is 0 Å². The van der Waals surface area contributed by atoms with Gasteiger partial charge in [0.25, 0.3) is 5.91 Å². The summed E-state index contributed by atoms with van der Waals surface area (Å²) in [5.41, 5.74) is 6.22. The van der Waals surface area contributed by atoms with E-state index in [1.165, 1.54) is 0 Å². The summed E-state index contributed by atoms with van der Waals surface area (Å²) in [4.78, 5) is 19.1. The van der Waals surface area contributed by atoms with Crippen LogP contribution in [0.2, 0.25) is 0 Å². The molecular weight excluding hydrogens is 236 g/mol. The van der Waals surface area contributed by atoms with E-state index in [1.807, 2.05) is 12.3 Å². The number of amides is 1. The van der Waals surface area contributed by atoms with Gasteiger partial charge in [0.15, 0.2) is 0 Å². The SMILES string of the molecule is CC(Nc1ccnc(C(N)=O)c1)c1nccs1. The van der Waals surface area contributed by atoms with Crippen molar-refractivity contribution in [1.82, 2.24) is 9.97 Å².